The molecule has 1 saturated heterocycles. The van der Waals surface area contributed by atoms with Crippen molar-refractivity contribution in [2.75, 3.05) is 0 Å². The fourth-order valence-electron chi connectivity index (χ4n) is 8.66. The van der Waals surface area contributed by atoms with E-state index in [1.807, 2.05) is 5.57 Å². The van der Waals surface area contributed by atoms with Crippen LogP contribution in [0.15, 0.2) is 10.5 Å². The van der Waals surface area contributed by atoms with Crippen molar-refractivity contribution >= 4 is 11.8 Å². The molecule has 136 valence electrons. The second kappa shape index (κ2) is 3.71. The second-order valence-electron chi connectivity index (χ2n) is 12.1. The van der Waals surface area contributed by atoms with Gasteiger partial charge < -0.3 is 0 Å². The van der Waals surface area contributed by atoms with E-state index in [4.69, 9.17) is 0 Å². The third kappa shape index (κ3) is 1.06. The molecule has 4 aliphatic carbocycles. The Morgan fingerprint density at radius 1 is 0.750 bits per heavy atom. The summed E-state index contributed by atoms with van der Waals surface area (Å²) in [6.07, 6.45) is 0. The fraction of sp³-hybridized carbons (Fsp3) is 0.913. The van der Waals surface area contributed by atoms with Crippen LogP contribution in [0.5, 0.6) is 0 Å². The molecule has 0 radical (unpaired) electrons. The Balaban J connectivity index is 2.14. The summed E-state index contributed by atoms with van der Waals surface area (Å²) in [7, 11) is 0. The number of rotatable bonds is 1. The molecule has 0 aromatic heterocycles. The summed E-state index contributed by atoms with van der Waals surface area (Å²) in [5.74, 6) is 1.37. The van der Waals surface area contributed by atoms with E-state index in [9.17, 15) is 0 Å². The molecule has 1 heterocycles. The number of hydrogen-bond donors (Lipinski definition) is 0. The van der Waals surface area contributed by atoms with Gasteiger partial charge in [-0.1, -0.05) is 88.7 Å². The average Bonchev–Trinajstić information content (AvgIpc) is 3.16. The van der Waals surface area contributed by atoms with E-state index in [-0.39, 0.29) is 0 Å². The number of hydrogen-bond acceptors (Lipinski definition) is 1. The molecule has 0 amide bonds. The van der Waals surface area contributed by atoms with Crippen LogP contribution < -0.4 is 0 Å². The van der Waals surface area contributed by atoms with E-state index < -0.39 is 0 Å². The van der Waals surface area contributed by atoms with E-state index >= 15 is 0 Å². The molecule has 4 atom stereocenters. The van der Waals surface area contributed by atoms with Crippen LogP contribution in [-0.4, -0.2) is 4.75 Å². The van der Waals surface area contributed by atoms with Crippen molar-refractivity contribution in [1.82, 2.24) is 0 Å². The lowest BCUT2D eigenvalue weighted by atomic mass is 9.14. The highest BCUT2D eigenvalue weighted by molar-refractivity contribution is 8.13. The molecular formula is C23H38S. The van der Waals surface area contributed by atoms with Gasteiger partial charge in [0.05, 0.1) is 4.75 Å². The van der Waals surface area contributed by atoms with Crippen LogP contribution >= 0.6 is 11.8 Å². The lowest BCUT2D eigenvalue weighted by molar-refractivity contribution is -0.385. The Hall–Kier alpha value is 0.0900. The molecule has 2 bridgehead atoms. The average molecular weight is 347 g/mol. The Morgan fingerprint density at radius 3 is 1.71 bits per heavy atom. The van der Waals surface area contributed by atoms with Gasteiger partial charge in [0.2, 0.25) is 0 Å². The van der Waals surface area contributed by atoms with Gasteiger partial charge in [-0.25, -0.2) is 0 Å². The van der Waals surface area contributed by atoms with E-state index in [1.54, 1.807) is 4.91 Å². The van der Waals surface area contributed by atoms with Crippen molar-refractivity contribution in [3.8, 4) is 0 Å². The first-order valence-electron chi connectivity index (χ1n) is 9.97. The van der Waals surface area contributed by atoms with Crippen molar-refractivity contribution in [2.45, 2.75) is 87.8 Å². The van der Waals surface area contributed by atoms with Crippen LogP contribution in [0.25, 0.3) is 0 Å². The van der Waals surface area contributed by atoms with Gasteiger partial charge in [0.1, 0.15) is 0 Å². The van der Waals surface area contributed by atoms with Crippen molar-refractivity contribution in [3.63, 3.8) is 0 Å². The Morgan fingerprint density at radius 2 is 1.25 bits per heavy atom. The van der Waals surface area contributed by atoms with Gasteiger partial charge in [0.15, 0.2) is 0 Å². The largest absolute Gasteiger partial charge is 0.116 e. The summed E-state index contributed by atoms with van der Waals surface area (Å²) < 4.78 is 0.339. The van der Waals surface area contributed by atoms with Crippen molar-refractivity contribution in [1.29, 1.82) is 0 Å². The van der Waals surface area contributed by atoms with Crippen LogP contribution in [0, 0.1) is 44.3 Å². The van der Waals surface area contributed by atoms with Crippen molar-refractivity contribution in [3.05, 3.63) is 10.5 Å². The van der Waals surface area contributed by atoms with Gasteiger partial charge in [-0.15, -0.1) is 11.8 Å². The van der Waals surface area contributed by atoms with E-state index in [0.717, 1.165) is 0 Å². The molecule has 0 nitrogen and oxygen atoms in total. The van der Waals surface area contributed by atoms with Crippen molar-refractivity contribution < 1.29 is 0 Å². The minimum absolute atomic E-state index is 0.335. The van der Waals surface area contributed by atoms with Gasteiger partial charge >= 0.3 is 0 Å². The van der Waals surface area contributed by atoms with Gasteiger partial charge in [-0.3, -0.25) is 0 Å². The van der Waals surface area contributed by atoms with E-state index in [1.165, 1.54) is 0 Å². The first-order valence-corrected chi connectivity index (χ1v) is 10.8. The molecule has 1 heteroatoms. The Labute approximate surface area is 154 Å². The third-order valence-corrected chi connectivity index (χ3v) is 13.3. The first-order chi connectivity index (χ1) is 10.5. The van der Waals surface area contributed by atoms with Crippen LogP contribution in [0.3, 0.4) is 0 Å². The molecule has 5 rings (SSSR count). The van der Waals surface area contributed by atoms with E-state index in [2.05, 4.69) is 94.8 Å². The smallest absolute Gasteiger partial charge is 0.0632 e. The van der Waals surface area contributed by atoms with Crippen LogP contribution in [0.2, 0.25) is 0 Å². The molecule has 4 unspecified atom stereocenters. The highest BCUT2D eigenvalue weighted by Crippen LogP contribution is 3.01. The summed E-state index contributed by atoms with van der Waals surface area (Å²) in [4.78, 5) is 1.80. The van der Waals surface area contributed by atoms with Crippen LogP contribution in [0.4, 0.5) is 0 Å². The Kier molecular flexibility index (Phi) is 2.71. The topological polar surface area (TPSA) is 0 Å². The molecule has 0 aromatic rings. The zero-order chi connectivity index (χ0) is 18.5. The zero-order valence-corrected chi connectivity index (χ0v) is 18.9. The molecule has 5 aliphatic rings. The summed E-state index contributed by atoms with van der Waals surface area (Å²) in [6.45, 7) is 30.8. The molecule has 2 saturated carbocycles. The maximum atomic E-state index is 2.67. The predicted molar refractivity (Wildman–Crippen MR) is 107 cm³/mol. The minimum Gasteiger partial charge on any atom is -0.116 e. The quantitative estimate of drug-likeness (QED) is 0.454. The lowest BCUT2D eigenvalue weighted by Gasteiger charge is -2.89. The van der Waals surface area contributed by atoms with Crippen LogP contribution in [0.1, 0.15) is 83.1 Å². The monoisotopic (exact) mass is 346 g/mol. The zero-order valence-electron chi connectivity index (χ0n) is 18.1. The molecule has 0 aromatic carbocycles. The van der Waals surface area contributed by atoms with Gasteiger partial charge in [-0.2, -0.15) is 0 Å². The van der Waals surface area contributed by atoms with Gasteiger partial charge in [0, 0.05) is 4.91 Å². The Bertz CT molecular complexity index is 689. The summed E-state index contributed by atoms with van der Waals surface area (Å²) in [5.41, 5.74) is 3.96. The SMILES string of the molecule is CC(C)C1=C2SC23C(C)(C)C(C)(C)C1C1(C)C(C)(C)C(C)(C)C31C. The number of allylic oxidation sites excluding steroid dienone is 1. The maximum Gasteiger partial charge on any atom is 0.0632 e. The highest BCUT2D eigenvalue weighted by Gasteiger charge is 2.96. The first kappa shape index (κ1) is 17.5. The van der Waals surface area contributed by atoms with E-state index in [0.29, 0.717) is 49.1 Å². The normalized spacial score (nSPS) is 51.1. The summed E-state index contributed by atoms with van der Waals surface area (Å²) in [5, 5.41) is 0. The lowest BCUT2D eigenvalue weighted by Crippen LogP contribution is -2.87. The predicted octanol–water partition coefficient (Wildman–Crippen LogP) is 7.16. The molecule has 24 heavy (non-hydrogen) atoms. The standard InChI is InChI=1S/C23H38S/c1-13(2)14-15-17(3,4)18(5,6)23(16(14)24-23)22(12)20(9,10)19(7,8)21(15,22)11/h13,15H,1-12H3. The molecular weight excluding hydrogens is 308 g/mol. The van der Waals surface area contributed by atoms with Gasteiger partial charge in [-0.05, 0) is 44.3 Å². The van der Waals surface area contributed by atoms with Crippen molar-refractivity contribution in [2.24, 2.45) is 44.3 Å². The molecule has 0 N–H and O–H groups in total. The molecule has 1 aliphatic heterocycles. The third-order valence-electron chi connectivity index (χ3n) is 11.4. The second-order valence-corrected chi connectivity index (χ2v) is 13.3. The minimum atomic E-state index is 0.335. The molecule has 1 spiro atoms. The highest BCUT2D eigenvalue weighted by atomic mass is 32.2. The maximum absolute atomic E-state index is 2.67. The number of fused-ring (bicyclic) bond motifs is 1. The molecule has 3 fully saturated rings. The summed E-state index contributed by atoms with van der Waals surface area (Å²) in [6, 6.07) is 0. The number of thioether (sulfide) groups is 1. The van der Waals surface area contributed by atoms with Crippen LogP contribution in [-0.2, 0) is 0 Å². The van der Waals surface area contributed by atoms with Gasteiger partial charge in [0.25, 0.3) is 0 Å². The fourth-order valence-corrected chi connectivity index (χ4v) is 11.2. The summed E-state index contributed by atoms with van der Waals surface area (Å²) >= 11 is 2.28.